The minimum Gasteiger partial charge on any atom is -0.497 e. The van der Waals surface area contributed by atoms with Gasteiger partial charge in [-0.2, -0.15) is 0 Å². The van der Waals surface area contributed by atoms with Crippen molar-refractivity contribution in [3.63, 3.8) is 0 Å². The molecule has 0 radical (unpaired) electrons. The van der Waals surface area contributed by atoms with Crippen LogP contribution in [0.25, 0.3) is 16.9 Å². The predicted octanol–water partition coefficient (Wildman–Crippen LogP) is 3.58. The number of ether oxygens (including phenoxy) is 1. The number of imidazole rings is 1. The van der Waals surface area contributed by atoms with Gasteiger partial charge in [0.05, 0.1) is 18.5 Å². The van der Waals surface area contributed by atoms with Crippen LogP contribution in [0.4, 0.5) is 0 Å². The Morgan fingerprint density at radius 2 is 2.14 bits per heavy atom. The Morgan fingerprint density at radius 3 is 2.86 bits per heavy atom. The molecule has 0 saturated heterocycles. The summed E-state index contributed by atoms with van der Waals surface area (Å²) < 4.78 is 8.49. The molecule has 0 aliphatic rings. The molecule has 2 heterocycles. The highest BCUT2D eigenvalue weighted by Crippen LogP contribution is 2.29. The Balaban J connectivity index is 2.25. The maximum atomic E-state index is 5.80. The zero-order valence-electron chi connectivity index (χ0n) is 12.6. The minimum absolute atomic E-state index is 0.580. The minimum atomic E-state index is 0.580. The Hall–Kier alpha value is -1.85. The van der Waals surface area contributed by atoms with Crippen LogP contribution >= 0.6 is 15.9 Å². The van der Waals surface area contributed by atoms with Gasteiger partial charge in [-0.05, 0) is 53.2 Å². The molecule has 0 amide bonds. The molecule has 3 aromatic rings. The van der Waals surface area contributed by atoms with Crippen LogP contribution in [0.1, 0.15) is 11.3 Å². The molecular formula is C17H18BrN3O. The molecule has 0 atom stereocenters. The molecule has 1 aromatic carbocycles. The number of aromatic nitrogens is 2. The number of hydrogen-bond donors (Lipinski definition) is 1. The maximum Gasteiger partial charge on any atom is 0.137 e. The number of halogens is 1. The number of rotatable bonds is 4. The number of pyridine rings is 1. The van der Waals surface area contributed by atoms with Crippen molar-refractivity contribution in [2.75, 3.05) is 13.7 Å². The summed E-state index contributed by atoms with van der Waals surface area (Å²) in [5.41, 5.74) is 11.0. The number of fused-ring (bicyclic) bond motifs is 1. The molecule has 22 heavy (non-hydrogen) atoms. The van der Waals surface area contributed by atoms with Gasteiger partial charge in [-0.1, -0.05) is 12.1 Å². The zero-order chi connectivity index (χ0) is 15.7. The lowest BCUT2D eigenvalue weighted by atomic mass is 10.1. The van der Waals surface area contributed by atoms with Gasteiger partial charge in [-0.3, -0.25) is 0 Å². The number of benzene rings is 1. The highest BCUT2D eigenvalue weighted by Gasteiger charge is 2.15. The molecule has 0 aliphatic heterocycles. The summed E-state index contributed by atoms with van der Waals surface area (Å²) in [5.74, 6) is 0.825. The number of nitrogens with zero attached hydrogens (tertiary/aromatic N) is 2. The number of nitrogens with two attached hydrogens (primary N) is 1. The SMILES string of the molecule is COc1cccc(-c2nc3cc(C)c(Br)cn3c2CCN)c1. The molecular weight excluding hydrogens is 342 g/mol. The molecule has 114 valence electrons. The maximum absolute atomic E-state index is 5.80. The van der Waals surface area contributed by atoms with Crippen LogP contribution in [0.2, 0.25) is 0 Å². The van der Waals surface area contributed by atoms with Gasteiger partial charge < -0.3 is 14.9 Å². The van der Waals surface area contributed by atoms with E-state index in [1.807, 2.05) is 24.3 Å². The van der Waals surface area contributed by atoms with E-state index in [-0.39, 0.29) is 0 Å². The second-order valence-corrected chi connectivity index (χ2v) is 6.06. The van der Waals surface area contributed by atoms with E-state index in [9.17, 15) is 0 Å². The fourth-order valence-electron chi connectivity index (χ4n) is 2.59. The number of hydrogen-bond acceptors (Lipinski definition) is 3. The molecule has 2 aromatic heterocycles. The first-order chi connectivity index (χ1) is 10.6. The van der Waals surface area contributed by atoms with Crippen LogP contribution in [0.15, 0.2) is 41.0 Å². The summed E-state index contributed by atoms with van der Waals surface area (Å²) in [4.78, 5) is 4.81. The van der Waals surface area contributed by atoms with Crippen molar-refractivity contribution in [3.05, 3.63) is 52.3 Å². The normalized spacial score (nSPS) is 11.1. The van der Waals surface area contributed by atoms with Crippen molar-refractivity contribution in [1.29, 1.82) is 0 Å². The fourth-order valence-corrected chi connectivity index (χ4v) is 2.91. The summed E-state index contributed by atoms with van der Waals surface area (Å²) in [6.45, 7) is 2.64. The number of aryl methyl sites for hydroxylation is 1. The van der Waals surface area contributed by atoms with E-state index in [1.54, 1.807) is 7.11 Å². The zero-order valence-corrected chi connectivity index (χ0v) is 14.2. The third-order valence-corrected chi connectivity index (χ3v) is 4.56. The largest absolute Gasteiger partial charge is 0.497 e. The lowest BCUT2D eigenvalue weighted by Gasteiger charge is -2.06. The van der Waals surface area contributed by atoms with Crippen molar-refractivity contribution in [2.24, 2.45) is 5.73 Å². The predicted molar refractivity (Wildman–Crippen MR) is 92.4 cm³/mol. The molecule has 2 N–H and O–H groups in total. The van der Waals surface area contributed by atoms with Gasteiger partial charge in [-0.25, -0.2) is 4.98 Å². The molecule has 0 unspecified atom stereocenters. The smallest absolute Gasteiger partial charge is 0.137 e. The number of methoxy groups -OCH3 is 1. The first-order valence-electron chi connectivity index (χ1n) is 7.15. The average molecular weight is 360 g/mol. The highest BCUT2D eigenvalue weighted by atomic mass is 79.9. The molecule has 5 heteroatoms. The first kappa shape index (κ1) is 15.1. The van der Waals surface area contributed by atoms with Crippen LogP contribution in [0.3, 0.4) is 0 Å². The van der Waals surface area contributed by atoms with Gasteiger partial charge in [0.1, 0.15) is 11.4 Å². The Bertz CT molecular complexity index is 826. The summed E-state index contributed by atoms with van der Waals surface area (Å²) in [6.07, 6.45) is 2.83. The quantitative estimate of drug-likeness (QED) is 0.774. The van der Waals surface area contributed by atoms with Crippen molar-refractivity contribution in [3.8, 4) is 17.0 Å². The third-order valence-electron chi connectivity index (χ3n) is 3.73. The van der Waals surface area contributed by atoms with E-state index in [2.05, 4.69) is 39.5 Å². The molecule has 0 fully saturated rings. The van der Waals surface area contributed by atoms with E-state index in [0.29, 0.717) is 6.54 Å². The second-order valence-electron chi connectivity index (χ2n) is 5.21. The van der Waals surface area contributed by atoms with Gasteiger partial charge in [0.25, 0.3) is 0 Å². The lowest BCUT2D eigenvalue weighted by molar-refractivity contribution is 0.415. The van der Waals surface area contributed by atoms with Crippen LogP contribution in [0.5, 0.6) is 5.75 Å². The van der Waals surface area contributed by atoms with E-state index < -0.39 is 0 Å². The van der Waals surface area contributed by atoms with Gasteiger partial charge in [0, 0.05) is 22.7 Å². The third kappa shape index (κ3) is 2.62. The van der Waals surface area contributed by atoms with Gasteiger partial charge in [0.15, 0.2) is 0 Å². The molecule has 0 bridgehead atoms. The lowest BCUT2D eigenvalue weighted by Crippen LogP contribution is -2.06. The molecule has 0 saturated carbocycles. The van der Waals surface area contributed by atoms with Crippen molar-refractivity contribution in [1.82, 2.24) is 9.38 Å². The Labute approximate surface area is 138 Å². The van der Waals surface area contributed by atoms with Gasteiger partial charge in [-0.15, -0.1) is 0 Å². The van der Waals surface area contributed by atoms with Crippen LogP contribution in [-0.4, -0.2) is 23.0 Å². The van der Waals surface area contributed by atoms with Crippen LogP contribution < -0.4 is 10.5 Å². The Morgan fingerprint density at radius 1 is 1.32 bits per heavy atom. The van der Waals surface area contributed by atoms with Crippen molar-refractivity contribution >= 4 is 21.6 Å². The average Bonchev–Trinajstić information content (AvgIpc) is 2.86. The molecule has 0 spiro atoms. The van der Waals surface area contributed by atoms with E-state index >= 15 is 0 Å². The topological polar surface area (TPSA) is 52.5 Å². The molecule has 4 nitrogen and oxygen atoms in total. The molecule has 3 rings (SSSR count). The molecule has 0 aliphatic carbocycles. The van der Waals surface area contributed by atoms with E-state index in [1.165, 1.54) is 0 Å². The summed E-state index contributed by atoms with van der Waals surface area (Å²) in [5, 5.41) is 0. The highest BCUT2D eigenvalue weighted by molar-refractivity contribution is 9.10. The Kier molecular flexibility index (Phi) is 4.18. The summed E-state index contributed by atoms with van der Waals surface area (Å²) >= 11 is 3.59. The van der Waals surface area contributed by atoms with Crippen LogP contribution in [0, 0.1) is 6.92 Å². The van der Waals surface area contributed by atoms with Gasteiger partial charge >= 0.3 is 0 Å². The summed E-state index contributed by atoms with van der Waals surface area (Å²) in [7, 11) is 1.67. The van der Waals surface area contributed by atoms with Crippen molar-refractivity contribution in [2.45, 2.75) is 13.3 Å². The second kappa shape index (κ2) is 6.10. The summed E-state index contributed by atoms with van der Waals surface area (Å²) in [6, 6.07) is 10.0. The first-order valence-corrected chi connectivity index (χ1v) is 7.95. The van der Waals surface area contributed by atoms with E-state index in [4.69, 9.17) is 15.5 Å². The van der Waals surface area contributed by atoms with Crippen LogP contribution in [-0.2, 0) is 6.42 Å². The van der Waals surface area contributed by atoms with E-state index in [0.717, 1.165) is 44.8 Å². The van der Waals surface area contributed by atoms with Crippen molar-refractivity contribution < 1.29 is 4.74 Å². The monoisotopic (exact) mass is 359 g/mol. The fraction of sp³-hybridized carbons (Fsp3) is 0.235. The van der Waals surface area contributed by atoms with Gasteiger partial charge in [0.2, 0.25) is 0 Å². The standard InChI is InChI=1S/C17H18BrN3O/c1-11-8-16-20-17(12-4-3-5-13(9-12)22-2)15(6-7-19)21(16)10-14(11)18/h3-5,8-10H,6-7,19H2,1-2H3.